The van der Waals surface area contributed by atoms with Crippen molar-refractivity contribution >= 4 is 6.29 Å². The molecule has 7 heteroatoms. The molecule has 0 N–H and O–H groups in total. The highest BCUT2D eigenvalue weighted by Gasteiger charge is 2.58. The van der Waals surface area contributed by atoms with E-state index >= 15 is 0 Å². The van der Waals surface area contributed by atoms with Gasteiger partial charge in [-0.2, -0.15) is 17.6 Å². The minimum absolute atomic E-state index is 1.15. The van der Waals surface area contributed by atoms with Gasteiger partial charge in [0.1, 0.15) is 0 Å². The number of carbonyl (C=O) groups is 1. The maximum Gasteiger partial charge on any atom is 0.456 e. The zero-order chi connectivity index (χ0) is 9.12. The van der Waals surface area contributed by atoms with Gasteiger partial charge in [0.15, 0.2) is 13.1 Å². The predicted octanol–water partition coefficient (Wildman–Crippen LogP) is 1.36. The van der Waals surface area contributed by atoms with Crippen LogP contribution in [0.3, 0.4) is 0 Å². The molecule has 1 unspecified atom stereocenters. The Balaban J connectivity index is 4.46. The van der Waals surface area contributed by atoms with Gasteiger partial charge in [0, 0.05) is 0 Å². The third-order valence-corrected chi connectivity index (χ3v) is 0.803. The van der Waals surface area contributed by atoms with Crippen molar-refractivity contribution in [2.75, 3.05) is 6.86 Å². The van der Waals surface area contributed by atoms with E-state index in [1.165, 1.54) is 0 Å². The van der Waals surface area contributed by atoms with Crippen LogP contribution in [0.5, 0.6) is 0 Å². The largest absolute Gasteiger partial charge is 0.456 e. The summed E-state index contributed by atoms with van der Waals surface area (Å²) in [6, 6.07) is 0. The summed E-state index contributed by atoms with van der Waals surface area (Å²) in [7, 11) is 0. The van der Waals surface area contributed by atoms with Gasteiger partial charge < -0.3 is 4.74 Å². The first-order chi connectivity index (χ1) is 4.87. The standard InChI is InChI=1S/C4H3F5O2/c5-2-11-3(6,1-10)4(7,8)9/h1H,2H2. The lowest BCUT2D eigenvalue weighted by molar-refractivity contribution is -0.316. The van der Waals surface area contributed by atoms with Crippen molar-refractivity contribution in [3.63, 3.8) is 0 Å². The Morgan fingerprint density at radius 3 is 1.82 bits per heavy atom. The molecule has 0 aliphatic heterocycles. The van der Waals surface area contributed by atoms with Crippen LogP contribution >= 0.6 is 0 Å². The first-order valence-corrected chi connectivity index (χ1v) is 2.29. The average molecular weight is 178 g/mol. The van der Waals surface area contributed by atoms with Gasteiger partial charge >= 0.3 is 12.0 Å². The maximum absolute atomic E-state index is 12.1. The Labute approximate surface area is 57.9 Å². The molecule has 0 fully saturated rings. The SMILES string of the molecule is O=CC(F)(OCF)C(F)(F)F. The molecule has 0 heterocycles. The summed E-state index contributed by atoms with van der Waals surface area (Å²) in [4.78, 5) is 9.48. The molecule has 0 saturated heterocycles. The van der Waals surface area contributed by atoms with Gasteiger partial charge in [0.05, 0.1) is 0 Å². The molecule has 0 bridgehead atoms. The lowest BCUT2D eigenvalue weighted by Crippen LogP contribution is -2.44. The summed E-state index contributed by atoms with van der Waals surface area (Å²) in [5.74, 6) is -4.53. The number of halogens is 5. The second-order valence-electron chi connectivity index (χ2n) is 1.51. The van der Waals surface area contributed by atoms with Crippen LogP contribution in [0.25, 0.3) is 0 Å². The minimum atomic E-state index is -5.54. The van der Waals surface area contributed by atoms with E-state index in [0.717, 1.165) is 0 Å². The van der Waals surface area contributed by atoms with Crippen LogP contribution in [-0.2, 0) is 9.53 Å². The molecule has 0 radical (unpaired) electrons. The number of hydrogen-bond donors (Lipinski definition) is 0. The van der Waals surface area contributed by atoms with Crippen LogP contribution < -0.4 is 0 Å². The highest BCUT2D eigenvalue weighted by Crippen LogP contribution is 2.33. The maximum atomic E-state index is 12.1. The minimum Gasteiger partial charge on any atom is -0.301 e. The predicted molar refractivity (Wildman–Crippen MR) is 23.0 cm³/mol. The second kappa shape index (κ2) is 3.12. The van der Waals surface area contributed by atoms with Crippen molar-refractivity contribution < 1.29 is 31.5 Å². The van der Waals surface area contributed by atoms with Crippen LogP contribution in [0.2, 0.25) is 0 Å². The fourth-order valence-electron chi connectivity index (χ4n) is 0.262. The summed E-state index contributed by atoms with van der Waals surface area (Å²) >= 11 is 0. The zero-order valence-corrected chi connectivity index (χ0v) is 4.99. The number of aldehydes is 1. The molecule has 0 aliphatic carbocycles. The lowest BCUT2D eigenvalue weighted by Gasteiger charge is -2.19. The van der Waals surface area contributed by atoms with E-state index in [1.807, 2.05) is 0 Å². The van der Waals surface area contributed by atoms with E-state index in [1.54, 1.807) is 0 Å². The van der Waals surface area contributed by atoms with Gasteiger partial charge in [0.25, 0.3) is 0 Å². The normalized spacial score (nSPS) is 17.5. The summed E-state index contributed by atoms with van der Waals surface area (Å²) in [6.07, 6.45) is -6.69. The fourth-order valence-corrected chi connectivity index (χ4v) is 0.262. The topological polar surface area (TPSA) is 26.3 Å². The van der Waals surface area contributed by atoms with Gasteiger partial charge in [-0.05, 0) is 0 Å². The van der Waals surface area contributed by atoms with Crippen molar-refractivity contribution in [1.29, 1.82) is 0 Å². The molecule has 11 heavy (non-hydrogen) atoms. The number of alkyl halides is 5. The Hall–Kier alpha value is -0.720. The number of ether oxygens (including phenoxy) is 1. The number of rotatable bonds is 3. The lowest BCUT2D eigenvalue weighted by atomic mass is 10.3. The third kappa shape index (κ3) is 2.11. The van der Waals surface area contributed by atoms with E-state index in [0.29, 0.717) is 0 Å². The Morgan fingerprint density at radius 2 is 1.73 bits per heavy atom. The molecular weight excluding hydrogens is 175 g/mol. The molecule has 0 aromatic rings. The van der Waals surface area contributed by atoms with Crippen molar-refractivity contribution in [3.05, 3.63) is 0 Å². The first kappa shape index (κ1) is 10.3. The highest BCUT2D eigenvalue weighted by molar-refractivity contribution is 5.61. The van der Waals surface area contributed by atoms with E-state index in [4.69, 9.17) is 0 Å². The zero-order valence-electron chi connectivity index (χ0n) is 4.99. The average Bonchev–Trinajstić information content (AvgIpc) is 1.86. The molecule has 66 valence electrons. The van der Waals surface area contributed by atoms with Crippen molar-refractivity contribution in [1.82, 2.24) is 0 Å². The van der Waals surface area contributed by atoms with Crippen LogP contribution in [0, 0.1) is 0 Å². The summed E-state index contributed by atoms with van der Waals surface area (Å²) in [5.41, 5.74) is 0. The summed E-state index contributed by atoms with van der Waals surface area (Å²) < 4.78 is 60.3. The van der Waals surface area contributed by atoms with Gasteiger partial charge in [-0.15, -0.1) is 0 Å². The quantitative estimate of drug-likeness (QED) is 0.481. The number of carbonyl (C=O) groups excluding carboxylic acids is 1. The van der Waals surface area contributed by atoms with E-state index in [2.05, 4.69) is 4.74 Å². The molecule has 0 aromatic heterocycles. The Morgan fingerprint density at radius 1 is 1.27 bits per heavy atom. The third-order valence-electron chi connectivity index (χ3n) is 0.803. The van der Waals surface area contributed by atoms with Crippen LogP contribution in [0.15, 0.2) is 0 Å². The molecular formula is C4H3F5O2. The second-order valence-corrected chi connectivity index (χ2v) is 1.51. The van der Waals surface area contributed by atoms with Gasteiger partial charge in [0.2, 0.25) is 0 Å². The summed E-state index contributed by atoms with van der Waals surface area (Å²) in [6.45, 7) is -2.02. The fraction of sp³-hybridized carbons (Fsp3) is 0.750. The van der Waals surface area contributed by atoms with E-state index < -0.39 is 25.2 Å². The summed E-state index contributed by atoms with van der Waals surface area (Å²) in [5, 5.41) is 0. The van der Waals surface area contributed by atoms with Gasteiger partial charge in [-0.3, -0.25) is 4.79 Å². The van der Waals surface area contributed by atoms with Gasteiger partial charge in [-0.1, -0.05) is 0 Å². The van der Waals surface area contributed by atoms with Crippen molar-refractivity contribution in [2.45, 2.75) is 12.0 Å². The molecule has 2 nitrogen and oxygen atoms in total. The van der Waals surface area contributed by atoms with Crippen molar-refractivity contribution in [3.8, 4) is 0 Å². The molecule has 0 aliphatic rings. The molecule has 0 saturated carbocycles. The molecule has 0 aromatic carbocycles. The Kier molecular flexibility index (Phi) is 2.92. The van der Waals surface area contributed by atoms with Crippen LogP contribution in [0.4, 0.5) is 22.0 Å². The molecule has 0 amide bonds. The first-order valence-electron chi connectivity index (χ1n) is 2.29. The highest BCUT2D eigenvalue weighted by atomic mass is 19.4. The van der Waals surface area contributed by atoms with E-state index in [-0.39, 0.29) is 0 Å². The monoisotopic (exact) mass is 178 g/mol. The molecule has 0 spiro atoms. The van der Waals surface area contributed by atoms with Gasteiger partial charge in [-0.25, -0.2) is 4.39 Å². The smallest absolute Gasteiger partial charge is 0.301 e. The van der Waals surface area contributed by atoms with E-state index in [9.17, 15) is 26.7 Å². The molecule has 1 atom stereocenters. The van der Waals surface area contributed by atoms with Crippen LogP contribution in [0.1, 0.15) is 0 Å². The van der Waals surface area contributed by atoms with Crippen molar-refractivity contribution in [2.24, 2.45) is 0 Å². The molecule has 0 rings (SSSR count). The Bertz CT molecular complexity index is 144. The number of hydrogen-bond acceptors (Lipinski definition) is 2. The van der Waals surface area contributed by atoms with Crippen LogP contribution in [-0.4, -0.2) is 25.2 Å².